The van der Waals surface area contributed by atoms with Gasteiger partial charge in [0.2, 0.25) is 11.8 Å². The van der Waals surface area contributed by atoms with Crippen LogP contribution in [-0.4, -0.2) is 35.8 Å². The fraction of sp³-hybridized carbons (Fsp3) is 0.579. The lowest BCUT2D eigenvalue weighted by Gasteiger charge is -2.35. The van der Waals surface area contributed by atoms with E-state index in [0.29, 0.717) is 19.0 Å². The van der Waals surface area contributed by atoms with Gasteiger partial charge in [-0.1, -0.05) is 6.07 Å². The van der Waals surface area contributed by atoms with Crippen LogP contribution in [0.1, 0.15) is 43.7 Å². The molecule has 0 radical (unpaired) electrons. The van der Waals surface area contributed by atoms with Gasteiger partial charge in [-0.25, -0.2) is 0 Å². The molecule has 2 aliphatic rings. The van der Waals surface area contributed by atoms with Gasteiger partial charge < -0.3 is 9.80 Å². The summed E-state index contributed by atoms with van der Waals surface area (Å²) in [4.78, 5) is 29.0. The van der Waals surface area contributed by atoms with Crippen molar-refractivity contribution in [2.75, 3.05) is 18.0 Å². The number of amides is 2. The highest BCUT2D eigenvalue weighted by Crippen LogP contribution is 2.29. The van der Waals surface area contributed by atoms with E-state index < -0.39 is 0 Å². The molecule has 0 saturated carbocycles. The van der Waals surface area contributed by atoms with Gasteiger partial charge in [0, 0.05) is 31.2 Å². The molecular weight excluding hydrogens is 288 g/mol. The zero-order valence-corrected chi connectivity index (χ0v) is 14.3. The Morgan fingerprint density at radius 2 is 1.83 bits per heavy atom. The Morgan fingerprint density at radius 3 is 2.48 bits per heavy atom. The first kappa shape index (κ1) is 16.0. The second-order valence-electron chi connectivity index (χ2n) is 7.13. The number of piperidine rings is 1. The first-order valence-electron chi connectivity index (χ1n) is 8.65. The number of nitrogens with zero attached hydrogens (tertiary/aromatic N) is 2. The van der Waals surface area contributed by atoms with Crippen LogP contribution >= 0.6 is 0 Å². The van der Waals surface area contributed by atoms with Crippen molar-refractivity contribution in [3.63, 3.8) is 0 Å². The Kier molecular flexibility index (Phi) is 4.42. The number of likely N-dealkylation sites (tertiary alicyclic amines) is 1. The maximum atomic E-state index is 12.8. The predicted molar refractivity (Wildman–Crippen MR) is 91.4 cm³/mol. The van der Waals surface area contributed by atoms with Gasteiger partial charge in [-0.2, -0.15) is 0 Å². The normalized spacial score (nSPS) is 25.1. The number of rotatable bonds is 2. The number of carbonyl (C=O) groups excluding carboxylic acids is 2. The highest BCUT2D eigenvalue weighted by Gasteiger charge is 2.38. The van der Waals surface area contributed by atoms with E-state index in [-0.39, 0.29) is 17.7 Å². The van der Waals surface area contributed by atoms with Crippen LogP contribution in [0.2, 0.25) is 0 Å². The van der Waals surface area contributed by atoms with Crippen LogP contribution in [0.3, 0.4) is 0 Å². The Labute approximate surface area is 138 Å². The minimum Gasteiger partial charge on any atom is -0.340 e. The standard InChI is InChI=1S/C19H26N2O2/c1-13-8-14(2)10-17(9-13)21-12-16(11-18(21)22)19(23)20-7-5-4-6-15(20)3/h8-10,15-16H,4-7,11-12H2,1-3H3. The zero-order valence-electron chi connectivity index (χ0n) is 14.3. The van der Waals surface area contributed by atoms with Gasteiger partial charge in [0.15, 0.2) is 0 Å². The van der Waals surface area contributed by atoms with Crippen molar-refractivity contribution in [3.05, 3.63) is 29.3 Å². The summed E-state index contributed by atoms with van der Waals surface area (Å²) in [5, 5.41) is 0. The summed E-state index contributed by atoms with van der Waals surface area (Å²) in [5.74, 6) is 0.0410. The van der Waals surface area contributed by atoms with Crippen LogP contribution in [0.4, 0.5) is 5.69 Å². The quantitative estimate of drug-likeness (QED) is 0.842. The van der Waals surface area contributed by atoms with Crippen LogP contribution in [0.25, 0.3) is 0 Å². The molecule has 2 fully saturated rings. The third kappa shape index (κ3) is 3.26. The SMILES string of the molecule is Cc1cc(C)cc(N2CC(C(=O)N3CCCCC3C)CC2=O)c1. The van der Waals surface area contributed by atoms with Gasteiger partial charge in [0.1, 0.15) is 0 Å². The Morgan fingerprint density at radius 1 is 1.13 bits per heavy atom. The maximum absolute atomic E-state index is 12.8. The molecule has 2 saturated heterocycles. The number of benzene rings is 1. The number of carbonyl (C=O) groups is 2. The van der Waals surface area contributed by atoms with Crippen LogP contribution in [0.15, 0.2) is 18.2 Å². The molecule has 0 aliphatic carbocycles. The fourth-order valence-corrected chi connectivity index (χ4v) is 3.89. The van der Waals surface area contributed by atoms with Gasteiger partial charge in [0.25, 0.3) is 0 Å². The molecule has 0 spiro atoms. The Bertz CT molecular complexity index is 606. The molecule has 124 valence electrons. The largest absolute Gasteiger partial charge is 0.340 e. The molecule has 1 aromatic rings. The van der Waals surface area contributed by atoms with Gasteiger partial charge in [-0.05, 0) is 63.3 Å². The van der Waals surface area contributed by atoms with Crippen molar-refractivity contribution in [2.24, 2.45) is 5.92 Å². The zero-order chi connectivity index (χ0) is 16.6. The number of hydrogen-bond acceptors (Lipinski definition) is 2. The average Bonchev–Trinajstić information content (AvgIpc) is 2.88. The summed E-state index contributed by atoms with van der Waals surface area (Å²) >= 11 is 0. The van der Waals surface area contributed by atoms with E-state index in [1.807, 2.05) is 30.9 Å². The smallest absolute Gasteiger partial charge is 0.228 e. The van der Waals surface area contributed by atoms with Crippen LogP contribution in [0, 0.1) is 19.8 Å². The van der Waals surface area contributed by atoms with Crippen molar-refractivity contribution in [3.8, 4) is 0 Å². The number of aryl methyl sites for hydroxylation is 2. The molecule has 1 aromatic carbocycles. The van der Waals surface area contributed by atoms with Crippen LogP contribution in [-0.2, 0) is 9.59 Å². The van der Waals surface area contributed by atoms with Crippen LogP contribution < -0.4 is 4.90 Å². The molecule has 3 rings (SSSR count). The summed E-state index contributed by atoms with van der Waals surface area (Å²) in [6.45, 7) is 7.55. The lowest BCUT2D eigenvalue weighted by atomic mass is 9.99. The molecule has 2 amide bonds. The fourth-order valence-electron chi connectivity index (χ4n) is 3.89. The lowest BCUT2D eigenvalue weighted by molar-refractivity contribution is -0.139. The molecule has 23 heavy (non-hydrogen) atoms. The van der Waals surface area contributed by atoms with Gasteiger partial charge >= 0.3 is 0 Å². The molecular formula is C19H26N2O2. The molecule has 4 heteroatoms. The van der Waals surface area contributed by atoms with E-state index in [2.05, 4.69) is 13.0 Å². The lowest BCUT2D eigenvalue weighted by Crippen LogP contribution is -2.45. The summed E-state index contributed by atoms with van der Waals surface area (Å²) in [6.07, 6.45) is 3.70. The summed E-state index contributed by atoms with van der Waals surface area (Å²) in [7, 11) is 0. The van der Waals surface area contributed by atoms with Crippen molar-refractivity contribution < 1.29 is 9.59 Å². The number of anilines is 1. The van der Waals surface area contributed by atoms with Crippen molar-refractivity contribution in [2.45, 2.75) is 52.5 Å². The summed E-state index contributed by atoms with van der Waals surface area (Å²) in [6, 6.07) is 6.46. The Hall–Kier alpha value is -1.84. The van der Waals surface area contributed by atoms with E-state index >= 15 is 0 Å². The molecule has 2 aliphatic heterocycles. The van der Waals surface area contributed by atoms with Gasteiger partial charge in [0.05, 0.1) is 5.92 Å². The molecule has 2 heterocycles. The van der Waals surface area contributed by atoms with Crippen molar-refractivity contribution in [1.29, 1.82) is 0 Å². The highest BCUT2D eigenvalue weighted by atomic mass is 16.2. The van der Waals surface area contributed by atoms with Crippen molar-refractivity contribution in [1.82, 2.24) is 4.90 Å². The third-order valence-electron chi connectivity index (χ3n) is 5.08. The second-order valence-corrected chi connectivity index (χ2v) is 7.13. The maximum Gasteiger partial charge on any atom is 0.228 e. The minimum absolute atomic E-state index is 0.0676. The predicted octanol–water partition coefficient (Wildman–Crippen LogP) is 3.06. The third-order valence-corrected chi connectivity index (χ3v) is 5.08. The molecule has 0 aromatic heterocycles. The van der Waals surface area contributed by atoms with E-state index in [0.717, 1.165) is 36.2 Å². The summed E-state index contributed by atoms with van der Waals surface area (Å²) < 4.78 is 0. The van der Waals surface area contributed by atoms with E-state index in [4.69, 9.17) is 0 Å². The van der Waals surface area contributed by atoms with E-state index in [1.54, 1.807) is 4.90 Å². The van der Waals surface area contributed by atoms with E-state index in [1.165, 1.54) is 6.42 Å². The second kappa shape index (κ2) is 6.34. The molecule has 2 atom stereocenters. The first-order valence-corrected chi connectivity index (χ1v) is 8.65. The Balaban J connectivity index is 1.75. The monoisotopic (exact) mass is 314 g/mol. The van der Waals surface area contributed by atoms with Gasteiger partial charge in [-0.15, -0.1) is 0 Å². The first-order chi connectivity index (χ1) is 11.0. The highest BCUT2D eigenvalue weighted by molar-refractivity contribution is 6.00. The number of hydrogen-bond donors (Lipinski definition) is 0. The van der Waals surface area contributed by atoms with E-state index in [9.17, 15) is 9.59 Å². The average molecular weight is 314 g/mol. The van der Waals surface area contributed by atoms with Crippen molar-refractivity contribution >= 4 is 17.5 Å². The summed E-state index contributed by atoms with van der Waals surface area (Å²) in [5.41, 5.74) is 3.22. The molecule has 0 N–H and O–H groups in total. The van der Waals surface area contributed by atoms with Gasteiger partial charge in [-0.3, -0.25) is 9.59 Å². The molecule has 2 unspecified atom stereocenters. The van der Waals surface area contributed by atoms with Crippen LogP contribution in [0.5, 0.6) is 0 Å². The molecule has 4 nitrogen and oxygen atoms in total. The molecule has 0 bridgehead atoms. The topological polar surface area (TPSA) is 40.6 Å². The minimum atomic E-state index is -0.191.